The lowest BCUT2D eigenvalue weighted by atomic mass is 9.79. The van der Waals surface area contributed by atoms with Crippen LogP contribution in [0.4, 0.5) is 0 Å². The summed E-state index contributed by atoms with van der Waals surface area (Å²) in [4.78, 5) is 53.0. The smallest absolute Gasteiger partial charge is 0.317 e. The molecule has 0 saturated carbocycles. The van der Waals surface area contributed by atoms with E-state index in [9.17, 15) is 39.6 Å². The van der Waals surface area contributed by atoms with Crippen molar-refractivity contribution < 1.29 is 39.6 Å². The van der Waals surface area contributed by atoms with Gasteiger partial charge in [0.1, 0.15) is 0 Å². The van der Waals surface area contributed by atoms with E-state index in [0.717, 1.165) is 0 Å². The zero-order chi connectivity index (χ0) is 26.1. The summed E-state index contributed by atoms with van der Waals surface area (Å²) >= 11 is 0. The van der Waals surface area contributed by atoms with Gasteiger partial charge in [0.25, 0.3) is 0 Å². The molecule has 0 spiro atoms. The highest BCUT2D eigenvalue weighted by atomic mass is 16.4. The van der Waals surface area contributed by atoms with Crippen LogP contribution >= 0.6 is 0 Å². The minimum atomic E-state index is -1.04. The Labute approximate surface area is 200 Å². The third-order valence-electron chi connectivity index (χ3n) is 7.02. The fourth-order valence-corrected chi connectivity index (χ4v) is 4.32. The van der Waals surface area contributed by atoms with Gasteiger partial charge in [-0.1, -0.05) is 0 Å². The van der Waals surface area contributed by atoms with Crippen molar-refractivity contribution in [1.82, 2.24) is 19.6 Å². The van der Waals surface area contributed by atoms with Crippen molar-refractivity contribution in [3.63, 3.8) is 0 Å². The van der Waals surface area contributed by atoms with Gasteiger partial charge in [-0.25, -0.2) is 0 Å². The van der Waals surface area contributed by atoms with E-state index in [-0.39, 0.29) is 39.3 Å². The number of carbonyl (C=O) groups is 4. The Kier molecular flexibility index (Phi) is 11.4. The maximum atomic E-state index is 11.7. The lowest BCUT2D eigenvalue weighted by Crippen LogP contribution is -2.67. The Bertz CT molecular complexity index is 728. The van der Waals surface area contributed by atoms with Gasteiger partial charge in [0, 0.05) is 37.3 Å². The van der Waals surface area contributed by atoms with Crippen molar-refractivity contribution in [2.75, 3.05) is 65.4 Å². The molecule has 0 unspecified atom stereocenters. The van der Waals surface area contributed by atoms with Crippen molar-refractivity contribution in [3.05, 3.63) is 0 Å². The first-order valence-electron chi connectivity index (χ1n) is 11.5. The highest BCUT2D eigenvalue weighted by molar-refractivity contribution is 5.70. The normalized spacial score (nSPS) is 22.0. The SMILES string of the molecule is CC1(C)N(CC(=O)O)CCCCN(CC(=O)O)CCN(CC(=O)O)CCN(CC(=O)O)C1(C)C. The minimum Gasteiger partial charge on any atom is -0.480 e. The number of aliphatic carboxylic acids is 4. The molecule has 0 aromatic carbocycles. The van der Waals surface area contributed by atoms with E-state index < -0.39 is 35.0 Å². The Morgan fingerprint density at radius 1 is 0.529 bits per heavy atom. The lowest BCUT2D eigenvalue weighted by Gasteiger charge is -2.54. The van der Waals surface area contributed by atoms with Gasteiger partial charge in [0.15, 0.2) is 0 Å². The van der Waals surface area contributed by atoms with Gasteiger partial charge in [0.2, 0.25) is 0 Å². The number of carboxylic acid groups (broad SMARTS) is 4. The van der Waals surface area contributed by atoms with Gasteiger partial charge in [-0.3, -0.25) is 38.8 Å². The molecule has 0 atom stereocenters. The second kappa shape index (κ2) is 13.0. The number of carboxylic acids is 4. The van der Waals surface area contributed by atoms with Crippen LogP contribution < -0.4 is 0 Å². The molecule has 1 rings (SSSR count). The molecular formula is C22H40N4O8. The van der Waals surface area contributed by atoms with Crippen LogP contribution in [0.3, 0.4) is 0 Å². The van der Waals surface area contributed by atoms with Crippen molar-refractivity contribution in [1.29, 1.82) is 0 Å². The summed E-state index contributed by atoms with van der Waals surface area (Å²) in [5.41, 5.74) is -1.52. The number of hydrogen-bond donors (Lipinski definition) is 4. The molecular weight excluding hydrogens is 448 g/mol. The van der Waals surface area contributed by atoms with Crippen LogP contribution in [-0.2, 0) is 19.2 Å². The molecule has 4 N–H and O–H groups in total. The zero-order valence-corrected chi connectivity index (χ0v) is 20.7. The third-order valence-corrected chi connectivity index (χ3v) is 7.02. The second-order valence-corrected chi connectivity index (χ2v) is 9.80. The van der Waals surface area contributed by atoms with Crippen LogP contribution in [0.15, 0.2) is 0 Å². The molecule has 0 aromatic heterocycles. The topological polar surface area (TPSA) is 162 Å². The van der Waals surface area contributed by atoms with Crippen molar-refractivity contribution >= 4 is 23.9 Å². The molecule has 1 aliphatic heterocycles. The molecule has 34 heavy (non-hydrogen) atoms. The van der Waals surface area contributed by atoms with Crippen LogP contribution in [0, 0.1) is 0 Å². The van der Waals surface area contributed by atoms with Gasteiger partial charge < -0.3 is 20.4 Å². The van der Waals surface area contributed by atoms with E-state index in [0.29, 0.717) is 39.0 Å². The van der Waals surface area contributed by atoms with Gasteiger partial charge in [-0.2, -0.15) is 0 Å². The molecule has 0 bridgehead atoms. The van der Waals surface area contributed by atoms with Crippen molar-refractivity contribution in [2.45, 2.75) is 51.6 Å². The average molecular weight is 489 g/mol. The first-order valence-corrected chi connectivity index (χ1v) is 11.5. The summed E-state index contributed by atoms with van der Waals surface area (Å²) in [6.45, 7) is 8.74. The molecule has 0 amide bonds. The van der Waals surface area contributed by atoms with E-state index in [2.05, 4.69) is 0 Å². The molecule has 0 radical (unpaired) electrons. The summed E-state index contributed by atoms with van der Waals surface area (Å²) in [7, 11) is 0. The molecule has 196 valence electrons. The molecule has 12 heteroatoms. The van der Waals surface area contributed by atoms with E-state index >= 15 is 0 Å². The number of hydrogen-bond acceptors (Lipinski definition) is 8. The van der Waals surface area contributed by atoms with Crippen LogP contribution in [0.1, 0.15) is 40.5 Å². The van der Waals surface area contributed by atoms with Crippen LogP contribution in [-0.4, -0.2) is 140 Å². The quantitative estimate of drug-likeness (QED) is 0.359. The summed E-state index contributed by atoms with van der Waals surface area (Å²) in [6, 6.07) is 0. The van der Waals surface area contributed by atoms with Crippen LogP contribution in [0.25, 0.3) is 0 Å². The summed E-state index contributed by atoms with van der Waals surface area (Å²) < 4.78 is 0. The van der Waals surface area contributed by atoms with E-state index in [1.165, 1.54) is 0 Å². The molecule has 1 aliphatic rings. The van der Waals surface area contributed by atoms with E-state index in [1.807, 2.05) is 32.6 Å². The first kappa shape index (κ1) is 29.8. The van der Waals surface area contributed by atoms with Gasteiger partial charge >= 0.3 is 23.9 Å². The third kappa shape index (κ3) is 9.16. The van der Waals surface area contributed by atoms with Crippen LogP contribution in [0.2, 0.25) is 0 Å². The largest absolute Gasteiger partial charge is 0.480 e. The monoisotopic (exact) mass is 488 g/mol. The fraction of sp³-hybridized carbons (Fsp3) is 0.818. The Morgan fingerprint density at radius 2 is 0.853 bits per heavy atom. The summed E-state index contributed by atoms with van der Waals surface area (Å²) in [5, 5.41) is 37.7. The summed E-state index contributed by atoms with van der Waals surface area (Å²) in [5.74, 6) is -4.03. The Hall–Kier alpha value is -2.28. The lowest BCUT2D eigenvalue weighted by molar-refractivity contribution is -0.147. The highest BCUT2D eigenvalue weighted by Gasteiger charge is 2.46. The second-order valence-electron chi connectivity index (χ2n) is 9.80. The number of nitrogens with zero attached hydrogens (tertiary/aromatic N) is 4. The van der Waals surface area contributed by atoms with E-state index in [1.54, 1.807) is 14.7 Å². The Morgan fingerprint density at radius 3 is 1.26 bits per heavy atom. The molecule has 1 heterocycles. The number of rotatable bonds is 8. The molecule has 1 fully saturated rings. The molecule has 0 aliphatic carbocycles. The molecule has 12 nitrogen and oxygen atoms in total. The minimum absolute atomic E-state index is 0.177. The van der Waals surface area contributed by atoms with Gasteiger partial charge in [0.05, 0.1) is 26.2 Å². The highest BCUT2D eigenvalue weighted by Crippen LogP contribution is 2.34. The van der Waals surface area contributed by atoms with E-state index in [4.69, 9.17) is 0 Å². The van der Waals surface area contributed by atoms with Crippen molar-refractivity contribution in [2.24, 2.45) is 0 Å². The van der Waals surface area contributed by atoms with Crippen LogP contribution in [0.5, 0.6) is 0 Å². The molecule has 0 aromatic rings. The molecule has 1 saturated heterocycles. The fourth-order valence-electron chi connectivity index (χ4n) is 4.32. The summed E-state index contributed by atoms with van der Waals surface area (Å²) in [6.07, 6.45) is 1.26. The predicted octanol–water partition coefficient (Wildman–Crippen LogP) is -0.116. The van der Waals surface area contributed by atoms with Gasteiger partial charge in [-0.15, -0.1) is 0 Å². The average Bonchev–Trinajstić information content (AvgIpc) is 2.68. The predicted molar refractivity (Wildman–Crippen MR) is 124 cm³/mol. The standard InChI is InChI=1S/C22H40N4O8/c1-21(2)22(3,4)26(16-20(33)34)12-11-24(14-18(29)30)10-9-23(13-17(27)28)7-5-6-8-25(21)15-19(31)32/h5-16H2,1-4H3,(H,27,28)(H,29,30)(H,31,32)(H,33,34). The first-order chi connectivity index (χ1) is 15.7. The van der Waals surface area contributed by atoms with Crippen molar-refractivity contribution in [3.8, 4) is 0 Å². The Balaban J connectivity index is 3.34. The maximum Gasteiger partial charge on any atom is 0.317 e. The van der Waals surface area contributed by atoms with Gasteiger partial charge in [-0.05, 0) is 53.6 Å². The maximum absolute atomic E-state index is 11.7. The zero-order valence-electron chi connectivity index (χ0n) is 20.7.